The maximum atomic E-state index is 13.0. The average Bonchev–Trinajstić information content (AvgIpc) is 3.33. The van der Waals surface area contributed by atoms with E-state index in [0.29, 0.717) is 22.1 Å². The molecule has 2 N–H and O–H groups in total. The summed E-state index contributed by atoms with van der Waals surface area (Å²) in [6, 6.07) is 11.1. The second kappa shape index (κ2) is 8.47. The fraction of sp³-hybridized carbons (Fsp3) is 0.333. The Bertz CT molecular complexity index is 1020. The maximum absolute atomic E-state index is 13.0. The van der Waals surface area contributed by atoms with Crippen LogP contribution in [0.25, 0.3) is 10.2 Å². The second-order valence-electron chi connectivity index (χ2n) is 6.93. The van der Waals surface area contributed by atoms with Crippen molar-refractivity contribution in [2.75, 3.05) is 19.5 Å². The Kier molecular flexibility index (Phi) is 5.78. The summed E-state index contributed by atoms with van der Waals surface area (Å²) in [6.45, 7) is 0. The van der Waals surface area contributed by atoms with Crippen LogP contribution in [-0.4, -0.2) is 37.2 Å². The van der Waals surface area contributed by atoms with Crippen LogP contribution in [0.2, 0.25) is 5.02 Å². The SMILES string of the molecule is COc1cccc(OC)c1C(=O)N[C@H]1CCC[C@H]1Nc1nc2cc(Cl)ccc2s1. The third-order valence-corrected chi connectivity index (χ3v) is 6.35. The van der Waals surface area contributed by atoms with Crippen molar-refractivity contribution in [3.05, 3.63) is 47.0 Å². The number of benzene rings is 2. The number of anilines is 1. The van der Waals surface area contributed by atoms with Gasteiger partial charge in [0.05, 0.1) is 24.4 Å². The molecule has 152 valence electrons. The highest BCUT2D eigenvalue weighted by Gasteiger charge is 2.31. The van der Waals surface area contributed by atoms with E-state index in [1.54, 1.807) is 43.8 Å². The zero-order chi connectivity index (χ0) is 20.4. The van der Waals surface area contributed by atoms with E-state index in [2.05, 4.69) is 15.6 Å². The van der Waals surface area contributed by atoms with Gasteiger partial charge in [-0.3, -0.25) is 4.79 Å². The Morgan fingerprint density at radius 2 is 1.86 bits per heavy atom. The van der Waals surface area contributed by atoms with Crippen LogP contribution in [0.1, 0.15) is 29.6 Å². The summed E-state index contributed by atoms with van der Waals surface area (Å²) >= 11 is 7.65. The number of halogens is 1. The molecule has 2 atom stereocenters. The van der Waals surface area contributed by atoms with Gasteiger partial charge in [0.15, 0.2) is 5.13 Å². The van der Waals surface area contributed by atoms with Gasteiger partial charge in [0.2, 0.25) is 0 Å². The number of hydrogen-bond donors (Lipinski definition) is 2. The van der Waals surface area contributed by atoms with E-state index >= 15 is 0 Å². The van der Waals surface area contributed by atoms with Crippen molar-refractivity contribution in [1.29, 1.82) is 0 Å². The molecule has 0 unspecified atom stereocenters. The van der Waals surface area contributed by atoms with Gasteiger partial charge in [-0.25, -0.2) is 4.98 Å². The van der Waals surface area contributed by atoms with Crippen molar-refractivity contribution in [3.63, 3.8) is 0 Å². The number of carbonyl (C=O) groups excluding carboxylic acids is 1. The van der Waals surface area contributed by atoms with Gasteiger partial charge in [-0.15, -0.1) is 0 Å². The molecule has 1 heterocycles. The van der Waals surface area contributed by atoms with Crippen LogP contribution in [0.3, 0.4) is 0 Å². The first-order valence-corrected chi connectivity index (χ1v) is 10.6. The molecule has 0 saturated heterocycles. The molecule has 8 heteroatoms. The molecule has 0 radical (unpaired) electrons. The number of fused-ring (bicyclic) bond motifs is 1. The van der Waals surface area contributed by atoms with Crippen molar-refractivity contribution >= 4 is 44.2 Å². The fourth-order valence-electron chi connectivity index (χ4n) is 3.74. The summed E-state index contributed by atoms with van der Waals surface area (Å²) < 4.78 is 11.8. The Labute approximate surface area is 178 Å². The highest BCUT2D eigenvalue weighted by molar-refractivity contribution is 7.22. The van der Waals surface area contributed by atoms with E-state index in [-0.39, 0.29) is 18.0 Å². The highest BCUT2D eigenvalue weighted by atomic mass is 35.5. The Morgan fingerprint density at radius 3 is 2.59 bits per heavy atom. The quantitative estimate of drug-likeness (QED) is 0.590. The number of carbonyl (C=O) groups is 1. The molecule has 0 spiro atoms. The van der Waals surface area contributed by atoms with E-state index in [1.165, 1.54) is 0 Å². The van der Waals surface area contributed by atoms with Crippen LogP contribution in [0.15, 0.2) is 36.4 Å². The number of amides is 1. The largest absolute Gasteiger partial charge is 0.496 e. The Balaban J connectivity index is 1.51. The monoisotopic (exact) mass is 431 g/mol. The predicted octanol–water partition coefficient (Wildman–Crippen LogP) is 4.73. The minimum absolute atomic E-state index is 0.00674. The summed E-state index contributed by atoms with van der Waals surface area (Å²) in [7, 11) is 3.09. The molecule has 1 aliphatic rings. The van der Waals surface area contributed by atoms with E-state index in [1.807, 2.05) is 18.2 Å². The molecule has 0 bridgehead atoms. The van der Waals surface area contributed by atoms with Crippen LogP contribution in [0.4, 0.5) is 5.13 Å². The number of thiazole rings is 1. The molecule has 1 amide bonds. The van der Waals surface area contributed by atoms with Crippen LogP contribution >= 0.6 is 22.9 Å². The number of hydrogen-bond acceptors (Lipinski definition) is 6. The maximum Gasteiger partial charge on any atom is 0.259 e. The lowest BCUT2D eigenvalue weighted by Gasteiger charge is -2.23. The smallest absolute Gasteiger partial charge is 0.259 e. The molecule has 1 saturated carbocycles. The summed E-state index contributed by atoms with van der Waals surface area (Å²) in [5.74, 6) is 0.786. The van der Waals surface area contributed by atoms with Gasteiger partial charge in [0.1, 0.15) is 17.1 Å². The van der Waals surface area contributed by atoms with Gasteiger partial charge in [0, 0.05) is 17.1 Å². The molecular weight excluding hydrogens is 410 g/mol. The van der Waals surface area contributed by atoms with Crippen molar-refractivity contribution in [2.24, 2.45) is 0 Å². The summed E-state index contributed by atoms with van der Waals surface area (Å²) in [6.07, 6.45) is 2.89. The number of nitrogens with zero attached hydrogens (tertiary/aromatic N) is 1. The average molecular weight is 432 g/mol. The van der Waals surface area contributed by atoms with E-state index < -0.39 is 0 Å². The first-order valence-electron chi connectivity index (χ1n) is 9.43. The zero-order valence-corrected chi connectivity index (χ0v) is 17.8. The minimum atomic E-state index is -0.200. The second-order valence-corrected chi connectivity index (χ2v) is 8.40. The van der Waals surface area contributed by atoms with Gasteiger partial charge >= 0.3 is 0 Å². The van der Waals surface area contributed by atoms with Gasteiger partial charge in [-0.05, 0) is 49.6 Å². The van der Waals surface area contributed by atoms with E-state index in [0.717, 1.165) is 34.6 Å². The molecule has 1 aromatic heterocycles. The third-order valence-electron chi connectivity index (χ3n) is 5.15. The molecular formula is C21H22ClN3O3S. The lowest BCUT2D eigenvalue weighted by Crippen LogP contribution is -2.43. The highest BCUT2D eigenvalue weighted by Crippen LogP contribution is 2.32. The number of nitrogens with one attached hydrogen (secondary N) is 2. The fourth-order valence-corrected chi connectivity index (χ4v) is 4.82. The van der Waals surface area contributed by atoms with Crippen LogP contribution in [-0.2, 0) is 0 Å². The minimum Gasteiger partial charge on any atom is -0.496 e. The van der Waals surface area contributed by atoms with Crippen molar-refractivity contribution < 1.29 is 14.3 Å². The molecule has 29 heavy (non-hydrogen) atoms. The topological polar surface area (TPSA) is 72.5 Å². The van der Waals surface area contributed by atoms with Gasteiger partial charge < -0.3 is 20.1 Å². The molecule has 3 aromatic rings. The molecule has 4 rings (SSSR count). The Morgan fingerprint density at radius 1 is 1.14 bits per heavy atom. The van der Waals surface area contributed by atoms with Crippen molar-refractivity contribution in [2.45, 2.75) is 31.3 Å². The van der Waals surface area contributed by atoms with E-state index in [4.69, 9.17) is 21.1 Å². The lowest BCUT2D eigenvalue weighted by atomic mass is 10.1. The molecule has 0 aliphatic heterocycles. The first-order chi connectivity index (χ1) is 14.1. The van der Waals surface area contributed by atoms with Gasteiger partial charge in [0.25, 0.3) is 5.91 Å². The number of ether oxygens (including phenoxy) is 2. The molecule has 1 aliphatic carbocycles. The Hall–Kier alpha value is -2.51. The summed E-state index contributed by atoms with van der Waals surface area (Å²) in [5.41, 5.74) is 1.29. The summed E-state index contributed by atoms with van der Waals surface area (Å²) in [5, 5.41) is 8.16. The summed E-state index contributed by atoms with van der Waals surface area (Å²) in [4.78, 5) is 17.6. The van der Waals surface area contributed by atoms with Crippen molar-refractivity contribution in [1.82, 2.24) is 10.3 Å². The zero-order valence-electron chi connectivity index (χ0n) is 16.2. The predicted molar refractivity (Wildman–Crippen MR) is 117 cm³/mol. The standard InChI is InChI=1S/C21H22ClN3O3S/c1-27-16-7-4-8-17(28-2)19(16)20(26)23-13-5-3-6-14(13)24-21-25-15-11-12(22)9-10-18(15)29-21/h4,7-11,13-14H,3,5-6H2,1-2H3,(H,23,26)(H,24,25)/t13-,14+/m0/s1. The van der Waals surface area contributed by atoms with Crippen molar-refractivity contribution in [3.8, 4) is 11.5 Å². The lowest BCUT2D eigenvalue weighted by molar-refractivity contribution is 0.0929. The van der Waals surface area contributed by atoms with Crippen LogP contribution in [0.5, 0.6) is 11.5 Å². The third kappa shape index (κ3) is 4.11. The van der Waals surface area contributed by atoms with Gasteiger partial charge in [-0.2, -0.15) is 0 Å². The van der Waals surface area contributed by atoms with Crippen LogP contribution < -0.4 is 20.1 Å². The molecule has 1 fully saturated rings. The normalized spacial score (nSPS) is 18.6. The number of aromatic nitrogens is 1. The number of methoxy groups -OCH3 is 2. The number of rotatable bonds is 6. The molecule has 6 nitrogen and oxygen atoms in total. The van der Waals surface area contributed by atoms with E-state index in [9.17, 15) is 4.79 Å². The van der Waals surface area contributed by atoms with Gasteiger partial charge in [-0.1, -0.05) is 29.0 Å². The molecule has 2 aromatic carbocycles. The van der Waals surface area contributed by atoms with Crippen LogP contribution in [0, 0.1) is 0 Å². The first kappa shape index (κ1) is 19.8.